The third kappa shape index (κ3) is 10.4. The number of rotatable bonds is 13. The Morgan fingerprint density at radius 1 is 0.911 bits per heavy atom. The molecule has 2 heterocycles. The smallest absolute Gasteiger partial charge is 0.337 e. The van der Waals surface area contributed by atoms with Gasteiger partial charge in [0.25, 0.3) is 5.69 Å². The molecule has 0 spiro atoms. The van der Waals surface area contributed by atoms with Crippen LogP contribution in [-0.4, -0.2) is 75.5 Å². The number of carbonyl (C=O) groups is 4. The third-order valence-corrected chi connectivity index (χ3v) is 8.67. The Balaban J connectivity index is 0.000000300. The van der Waals surface area contributed by atoms with Crippen molar-refractivity contribution < 1.29 is 47.8 Å². The van der Waals surface area contributed by atoms with Crippen LogP contribution in [0.25, 0.3) is 0 Å². The predicted octanol–water partition coefficient (Wildman–Crippen LogP) is 4.72. The molecular formula is C39H44ClN5O11. The van der Waals surface area contributed by atoms with Gasteiger partial charge in [0.15, 0.2) is 0 Å². The minimum Gasteiger partial charge on any atom is -0.466 e. The number of nitrogens with two attached hydrogens (primary N) is 1. The number of benzene rings is 2. The van der Waals surface area contributed by atoms with Crippen molar-refractivity contribution in [3.63, 3.8) is 0 Å². The van der Waals surface area contributed by atoms with E-state index in [1.165, 1.54) is 31.4 Å². The number of nitrogens with one attached hydrogen (secondary N) is 2. The summed E-state index contributed by atoms with van der Waals surface area (Å²) in [7, 11) is 2.44. The van der Waals surface area contributed by atoms with Crippen LogP contribution in [0.1, 0.15) is 57.6 Å². The molecule has 0 fully saturated rings. The van der Waals surface area contributed by atoms with Crippen LogP contribution in [0, 0.1) is 21.4 Å². The van der Waals surface area contributed by atoms with Gasteiger partial charge in [-0.3, -0.25) is 10.1 Å². The maximum Gasteiger partial charge on any atom is 0.337 e. The van der Waals surface area contributed by atoms with Gasteiger partial charge in [0.05, 0.1) is 84.9 Å². The number of hydrogen-bond donors (Lipinski definition) is 3. The van der Waals surface area contributed by atoms with Gasteiger partial charge in [-0.05, 0) is 51.8 Å². The van der Waals surface area contributed by atoms with Crippen LogP contribution < -0.4 is 16.4 Å². The maximum absolute atomic E-state index is 12.9. The summed E-state index contributed by atoms with van der Waals surface area (Å²) in [5, 5.41) is 26.9. The molecule has 16 nitrogen and oxygen atoms in total. The highest BCUT2D eigenvalue weighted by Gasteiger charge is 2.41. The van der Waals surface area contributed by atoms with Crippen LogP contribution in [0.5, 0.6) is 0 Å². The summed E-state index contributed by atoms with van der Waals surface area (Å²) in [6, 6.07) is 14.5. The van der Waals surface area contributed by atoms with Crippen LogP contribution in [-0.2, 0) is 42.9 Å². The number of dihydropyridines is 2. The average molecular weight is 794 g/mol. The van der Waals surface area contributed by atoms with E-state index < -0.39 is 46.7 Å². The average Bonchev–Trinajstić information content (AvgIpc) is 3.16. The second-order valence-electron chi connectivity index (χ2n) is 12.4. The number of carbonyl (C=O) groups excluding carboxylic acids is 4. The van der Waals surface area contributed by atoms with Gasteiger partial charge >= 0.3 is 23.9 Å². The number of nitriles is 1. The molecule has 0 radical (unpaired) electrons. The number of halogens is 1. The SMILES string of the molecule is CCOC(=O)C1=C(COCCN)NC(C)=C(C(=O)OC)C1c1ccccc1Cl.COC(=O)C1=C(C#N)NC(C)=C(C(=O)OC(C)C)C1c1cccc([N+](=O)[O-])c1. The lowest BCUT2D eigenvalue weighted by Gasteiger charge is -2.31. The Labute approximate surface area is 329 Å². The highest BCUT2D eigenvalue weighted by molar-refractivity contribution is 6.31. The molecule has 298 valence electrons. The fourth-order valence-electron chi connectivity index (χ4n) is 6.06. The summed E-state index contributed by atoms with van der Waals surface area (Å²) in [5.74, 6) is -4.45. The molecule has 2 atom stereocenters. The number of methoxy groups -OCH3 is 2. The number of nitro benzene ring substituents is 1. The third-order valence-electron chi connectivity index (χ3n) is 8.33. The summed E-state index contributed by atoms with van der Waals surface area (Å²) < 4.78 is 25.9. The van der Waals surface area contributed by atoms with Crippen molar-refractivity contribution in [3.05, 3.63) is 120 Å². The summed E-state index contributed by atoms with van der Waals surface area (Å²) in [6.45, 7) is 9.32. The highest BCUT2D eigenvalue weighted by atomic mass is 35.5. The van der Waals surface area contributed by atoms with Crippen molar-refractivity contribution >= 4 is 41.2 Å². The molecule has 0 aromatic heterocycles. The van der Waals surface area contributed by atoms with Crippen LogP contribution in [0.15, 0.2) is 93.6 Å². The van der Waals surface area contributed by atoms with Gasteiger partial charge in [-0.15, -0.1) is 0 Å². The molecule has 2 unspecified atom stereocenters. The first kappa shape index (κ1) is 44.4. The lowest BCUT2D eigenvalue weighted by atomic mass is 9.80. The Kier molecular flexibility index (Phi) is 16.3. The number of hydrogen-bond acceptors (Lipinski definition) is 15. The number of ether oxygens (including phenoxy) is 5. The molecule has 17 heteroatoms. The zero-order chi connectivity index (χ0) is 41.7. The summed E-state index contributed by atoms with van der Waals surface area (Å²) in [4.78, 5) is 61.3. The van der Waals surface area contributed by atoms with Crippen molar-refractivity contribution in [2.75, 3.05) is 40.6 Å². The molecule has 4 rings (SSSR count). The molecule has 2 aliphatic rings. The molecule has 56 heavy (non-hydrogen) atoms. The van der Waals surface area contributed by atoms with E-state index in [1.807, 2.05) is 6.07 Å². The van der Waals surface area contributed by atoms with E-state index in [2.05, 4.69) is 10.6 Å². The van der Waals surface area contributed by atoms with E-state index in [0.29, 0.717) is 52.0 Å². The number of esters is 4. The first-order valence-corrected chi connectivity index (χ1v) is 17.7. The van der Waals surface area contributed by atoms with Crippen LogP contribution in [0.4, 0.5) is 5.69 Å². The number of allylic oxidation sites excluding steroid dienone is 3. The first-order valence-electron chi connectivity index (χ1n) is 17.3. The normalized spacial score (nSPS) is 16.5. The molecule has 0 saturated carbocycles. The molecule has 0 bridgehead atoms. The zero-order valence-electron chi connectivity index (χ0n) is 32.0. The number of nitrogens with zero attached hydrogens (tertiary/aromatic N) is 2. The molecule has 4 N–H and O–H groups in total. The number of nitro groups is 1. The molecule has 2 aliphatic heterocycles. The van der Waals surface area contributed by atoms with Gasteiger partial charge in [-0.25, -0.2) is 19.2 Å². The van der Waals surface area contributed by atoms with Crippen molar-refractivity contribution in [2.45, 2.75) is 52.6 Å². The van der Waals surface area contributed by atoms with Gasteiger partial charge in [-0.2, -0.15) is 5.26 Å². The number of non-ortho nitro benzene ring substituents is 1. The summed E-state index contributed by atoms with van der Waals surface area (Å²) in [5.41, 5.74) is 7.95. The maximum atomic E-state index is 12.9. The zero-order valence-corrected chi connectivity index (χ0v) is 32.8. The molecule has 2 aromatic rings. The van der Waals surface area contributed by atoms with E-state index in [4.69, 9.17) is 41.0 Å². The van der Waals surface area contributed by atoms with E-state index >= 15 is 0 Å². The Bertz CT molecular complexity index is 2030. The van der Waals surface area contributed by atoms with Crippen molar-refractivity contribution in [1.82, 2.24) is 10.6 Å². The van der Waals surface area contributed by atoms with Gasteiger partial charge in [0.1, 0.15) is 11.8 Å². The summed E-state index contributed by atoms with van der Waals surface area (Å²) >= 11 is 6.42. The van der Waals surface area contributed by atoms with Gasteiger partial charge in [0, 0.05) is 35.1 Å². The fraction of sp³-hybridized carbons (Fsp3) is 0.359. The summed E-state index contributed by atoms with van der Waals surface area (Å²) in [6.07, 6.45) is -0.429. The predicted molar refractivity (Wildman–Crippen MR) is 203 cm³/mol. The lowest BCUT2D eigenvalue weighted by Crippen LogP contribution is -2.35. The Morgan fingerprint density at radius 2 is 1.54 bits per heavy atom. The first-order chi connectivity index (χ1) is 26.7. The van der Waals surface area contributed by atoms with E-state index in [0.717, 1.165) is 7.11 Å². The van der Waals surface area contributed by atoms with Crippen LogP contribution in [0.2, 0.25) is 5.02 Å². The second kappa shape index (κ2) is 20.6. The van der Waals surface area contributed by atoms with Crippen LogP contribution >= 0.6 is 11.6 Å². The molecule has 2 aromatic carbocycles. The van der Waals surface area contributed by atoms with Crippen molar-refractivity contribution in [2.24, 2.45) is 5.73 Å². The van der Waals surface area contributed by atoms with E-state index in [-0.39, 0.29) is 41.3 Å². The van der Waals surface area contributed by atoms with Crippen LogP contribution in [0.3, 0.4) is 0 Å². The fourth-order valence-corrected chi connectivity index (χ4v) is 6.31. The van der Waals surface area contributed by atoms with Crippen molar-refractivity contribution in [1.29, 1.82) is 5.26 Å². The monoisotopic (exact) mass is 793 g/mol. The van der Waals surface area contributed by atoms with Gasteiger partial charge < -0.3 is 40.1 Å². The minimum absolute atomic E-state index is 0.0774. The highest BCUT2D eigenvalue weighted by Crippen LogP contribution is 2.42. The molecule has 0 aliphatic carbocycles. The quantitative estimate of drug-likeness (QED) is 0.0819. The topological polar surface area (TPSA) is 231 Å². The van der Waals surface area contributed by atoms with E-state index in [9.17, 15) is 34.6 Å². The van der Waals surface area contributed by atoms with Gasteiger partial charge in [0.2, 0.25) is 0 Å². The largest absolute Gasteiger partial charge is 0.466 e. The molecule has 0 saturated heterocycles. The Morgan fingerprint density at radius 3 is 2.11 bits per heavy atom. The van der Waals surface area contributed by atoms with Gasteiger partial charge in [-0.1, -0.05) is 41.9 Å². The molecule has 0 amide bonds. The second-order valence-corrected chi connectivity index (χ2v) is 12.8. The van der Waals surface area contributed by atoms with E-state index in [1.54, 1.807) is 58.9 Å². The minimum atomic E-state index is -1.06. The standard InChI is InChI=1S/C20H25ClN2O5.C19H19N3O6/c1-4-28-20(25)18-15(11-27-10-9-22)23-12(2)16(19(24)26-3)17(18)13-7-5-6-8-14(13)21;1-10(2)28-19(24)15-11(3)21-14(9-20)17(18(23)27-4)16(15)12-6-5-7-13(8-12)22(25)26/h5-8,17,23H,4,9-11,22H2,1-3H3;5-8,10,16,21H,1-4H3. The molecular weight excluding hydrogens is 750 g/mol. The van der Waals surface area contributed by atoms with Crippen molar-refractivity contribution in [3.8, 4) is 6.07 Å². The Hall–Kier alpha value is -6.02. The lowest BCUT2D eigenvalue weighted by molar-refractivity contribution is -0.384.